The molecule has 1 saturated carbocycles. The van der Waals surface area contributed by atoms with Gasteiger partial charge in [0, 0.05) is 38.2 Å². The Labute approximate surface area is 140 Å². The molecule has 0 aliphatic heterocycles. The van der Waals surface area contributed by atoms with E-state index >= 15 is 0 Å². The van der Waals surface area contributed by atoms with Crippen LogP contribution >= 0.6 is 11.6 Å². The molecule has 1 aromatic heterocycles. The van der Waals surface area contributed by atoms with Gasteiger partial charge < -0.3 is 10.2 Å². The molecule has 0 spiro atoms. The molecule has 1 fully saturated rings. The summed E-state index contributed by atoms with van der Waals surface area (Å²) in [7, 11) is 3.60. The highest BCUT2D eigenvalue weighted by atomic mass is 35.5. The Bertz CT molecular complexity index is 713. The van der Waals surface area contributed by atoms with Crippen molar-refractivity contribution in [2.24, 2.45) is 0 Å². The molecular formula is C17H19ClN4O. The fourth-order valence-corrected chi connectivity index (χ4v) is 2.59. The molecule has 0 radical (unpaired) electrons. The predicted molar refractivity (Wildman–Crippen MR) is 91.0 cm³/mol. The van der Waals surface area contributed by atoms with Crippen molar-refractivity contribution in [1.29, 1.82) is 0 Å². The third kappa shape index (κ3) is 3.79. The summed E-state index contributed by atoms with van der Waals surface area (Å²) < 4.78 is 0. The number of nitrogens with zero attached hydrogens (tertiary/aromatic N) is 3. The Morgan fingerprint density at radius 2 is 2.00 bits per heavy atom. The van der Waals surface area contributed by atoms with Gasteiger partial charge in [-0.2, -0.15) is 0 Å². The second-order valence-electron chi connectivity index (χ2n) is 5.81. The molecule has 1 aliphatic carbocycles. The van der Waals surface area contributed by atoms with Gasteiger partial charge in [0.25, 0.3) is 5.91 Å². The van der Waals surface area contributed by atoms with Crippen LogP contribution in [0.15, 0.2) is 30.3 Å². The Balaban J connectivity index is 1.73. The van der Waals surface area contributed by atoms with Gasteiger partial charge in [0.1, 0.15) is 16.8 Å². The highest BCUT2D eigenvalue weighted by Crippen LogP contribution is 2.39. The Morgan fingerprint density at radius 3 is 2.61 bits per heavy atom. The molecule has 0 atom stereocenters. The average molecular weight is 331 g/mol. The van der Waals surface area contributed by atoms with E-state index in [4.69, 9.17) is 11.6 Å². The SMILES string of the molecule is CNC(=O)c1ccc(CN(C)c2cc(Cl)nc(C3CC3)n2)cc1. The molecular weight excluding hydrogens is 312 g/mol. The van der Waals surface area contributed by atoms with Crippen molar-refractivity contribution in [3.63, 3.8) is 0 Å². The van der Waals surface area contributed by atoms with Crippen LogP contribution in [0.3, 0.4) is 0 Å². The maximum atomic E-state index is 11.6. The maximum absolute atomic E-state index is 11.6. The van der Waals surface area contributed by atoms with Crippen LogP contribution in [0.2, 0.25) is 5.15 Å². The normalized spacial score (nSPS) is 13.7. The minimum absolute atomic E-state index is 0.0819. The third-order valence-corrected chi connectivity index (χ3v) is 4.09. The maximum Gasteiger partial charge on any atom is 0.251 e. The smallest absolute Gasteiger partial charge is 0.251 e. The first-order chi connectivity index (χ1) is 11.1. The summed E-state index contributed by atoms with van der Waals surface area (Å²) in [5.74, 6) is 2.05. The van der Waals surface area contributed by atoms with Gasteiger partial charge >= 0.3 is 0 Å². The van der Waals surface area contributed by atoms with Crippen LogP contribution in [0.4, 0.5) is 5.82 Å². The topological polar surface area (TPSA) is 58.1 Å². The van der Waals surface area contributed by atoms with E-state index in [-0.39, 0.29) is 5.91 Å². The molecule has 2 aromatic rings. The van der Waals surface area contributed by atoms with Gasteiger partial charge in [-0.05, 0) is 30.5 Å². The molecule has 1 N–H and O–H groups in total. The lowest BCUT2D eigenvalue weighted by Gasteiger charge is -2.19. The number of rotatable bonds is 5. The van der Waals surface area contributed by atoms with E-state index in [9.17, 15) is 4.79 Å². The summed E-state index contributed by atoms with van der Waals surface area (Å²) in [6, 6.07) is 9.33. The minimum Gasteiger partial charge on any atom is -0.355 e. The fraction of sp³-hybridized carbons (Fsp3) is 0.353. The largest absolute Gasteiger partial charge is 0.355 e. The van der Waals surface area contributed by atoms with Crippen LogP contribution in [-0.2, 0) is 6.54 Å². The lowest BCUT2D eigenvalue weighted by Crippen LogP contribution is -2.19. The van der Waals surface area contributed by atoms with Crippen LogP contribution < -0.4 is 10.2 Å². The summed E-state index contributed by atoms with van der Waals surface area (Å²) >= 11 is 6.12. The second-order valence-corrected chi connectivity index (χ2v) is 6.20. The van der Waals surface area contributed by atoms with Crippen molar-refractivity contribution < 1.29 is 4.79 Å². The molecule has 6 heteroatoms. The molecule has 5 nitrogen and oxygen atoms in total. The second kappa shape index (κ2) is 6.54. The molecule has 1 amide bonds. The van der Waals surface area contributed by atoms with Gasteiger partial charge in [0.05, 0.1) is 0 Å². The molecule has 3 rings (SSSR count). The number of hydrogen-bond donors (Lipinski definition) is 1. The van der Waals surface area contributed by atoms with Crippen LogP contribution in [0.25, 0.3) is 0 Å². The highest BCUT2D eigenvalue weighted by Gasteiger charge is 2.27. The van der Waals surface area contributed by atoms with Crippen molar-refractivity contribution in [2.45, 2.75) is 25.3 Å². The average Bonchev–Trinajstić information content (AvgIpc) is 3.39. The van der Waals surface area contributed by atoms with Gasteiger partial charge in [-0.3, -0.25) is 4.79 Å². The molecule has 0 bridgehead atoms. The van der Waals surface area contributed by atoms with Gasteiger partial charge in [-0.15, -0.1) is 0 Å². The first-order valence-electron chi connectivity index (χ1n) is 7.63. The van der Waals surface area contributed by atoms with Crippen LogP contribution in [0.5, 0.6) is 0 Å². The molecule has 23 heavy (non-hydrogen) atoms. The van der Waals surface area contributed by atoms with Crippen molar-refractivity contribution in [2.75, 3.05) is 19.0 Å². The number of benzene rings is 1. The van der Waals surface area contributed by atoms with Gasteiger partial charge in [-0.25, -0.2) is 9.97 Å². The molecule has 1 aliphatic rings. The van der Waals surface area contributed by atoms with Gasteiger partial charge in [-0.1, -0.05) is 23.7 Å². The standard InChI is InChI=1S/C17H19ClN4O/c1-19-17(23)13-5-3-11(4-6-13)10-22(2)15-9-14(18)20-16(21-15)12-7-8-12/h3-6,9,12H,7-8,10H2,1-2H3,(H,19,23). The predicted octanol–water partition coefficient (Wildman–Crippen LogP) is 3.00. The van der Waals surface area contributed by atoms with E-state index < -0.39 is 0 Å². The third-order valence-electron chi connectivity index (χ3n) is 3.90. The Morgan fingerprint density at radius 1 is 1.30 bits per heavy atom. The minimum atomic E-state index is -0.0819. The first kappa shape index (κ1) is 15.7. The summed E-state index contributed by atoms with van der Waals surface area (Å²) in [5.41, 5.74) is 1.75. The van der Waals surface area contributed by atoms with Gasteiger partial charge in [0.15, 0.2) is 0 Å². The number of amides is 1. The molecule has 0 saturated heterocycles. The Hall–Kier alpha value is -2.14. The first-order valence-corrected chi connectivity index (χ1v) is 8.01. The lowest BCUT2D eigenvalue weighted by molar-refractivity contribution is 0.0963. The van der Waals surface area contributed by atoms with E-state index in [1.54, 1.807) is 13.1 Å². The van der Waals surface area contributed by atoms with E-state index in [1.165, 1.54) is 0 Å². The molecule has 1 aromatic carbocycles. The Kier molecular flexibility index (Phi) is 4.48. The molecule has 1 heterocycles. The number of nitrogens with one attached hydrogen (secondary N) is 1. The van der Waals surface area contributed by atoms with E-state index in [0.29, 0.717) is 23.2 Å². The zero-order valence-electron chi connectivity index (χ0n) is 13.2. The number of aromatic nitrogens is 2. The quantitative estimate of drug-likeness (QED) is 0.856. The molecule has 0 unspecified atom stereocenters. The van der Waals surface area contributed by atoms with Crippen LogP contribution in [0.1, 0.15) is 40.5 Å². The summed E-state index contributed by atoms with van der Waals surface area (Å²) in [4.78, 5) is 22.5. The van der Waals surface area contributed by atoms with Crippen LogP contribution in [-0.4, -0.2) is 30.0 Å². The number of halogens is 1. The highest BCUT2D eigenvalue weighted by molar-refractivity contribution is 6.29. The van der Waals surface area contributed by atoms with E-state index in [0.717, 1.165) is 30.0 Å². The fourth-order valence-electron chi connectivity index (χ4n) is 2.40. The number of anilines is 1. The lowest BCUT2D eigenvalue weighted by atomic mass is 10.1. The number of hydrogen-bond acceptors (Lipinski definition) is 4. The summed E-state index contributed by atoms with van der Waals surface area (Å²) in [6.45, 7) is 0.686. The van der Waals surface area contributed by atoms with E-state index in [2.05, 4.69) is 15.3 Å². The summed E-state index contributed by atoms with van der Waals surface area (Å²) in [5, 5.41) is 3.10. The monoisotopic (exact) mass is 330 g/mol. The zero-order chi connectivity index (χ0) is 16.4. The number of carbonyl (C=O) groups excluding carboxylic acids is 1. The summed E-state index contributed by atoms with van der Waals surface area (Å²) in [6.07, 6.45) is 2.29. The zero-order valence-corrected chi connectivity index (χ0v) is 14.0. The van der Waals surface area contributed by atoms with Crippen molar-refractivity contribution >= 4 is 23.3 Å². The van der Waals surface area contributed by atoms with Gasteiger partial charge in [0.2, 0.25) is 0 Å². The van der Waals surface area contributed by atoms with Crippen molar-refractivity contribution in [3.05, 3.63) is 52.4 Å². The van der Waals surface area contributed by atoms with Crippen LogP contribution in [0, 0.1) is 0 Å². The van der Waals surface area contributed by atoms with E-state index in [1.807, 2.05) is 36.2 Å². The molecule has 120 valence electrons. The number of carbonyl (C=O) groups is 1. The van der Waals surface area contributed by atoms with Crippen molar-refractivity contribution in [3.8, 4) is 0 Å². The van der Waals surface area contributed by atoms with Crippen molar-refractivity contribution in [1.82, 2.24) is 15.3 Å².